The van der Waals surface area contributed by atoms with Crippen molar-refractivity contribution in [3.63, 3.8) is 0 Å². The Hall–Kier alpha value is -2.93. The van der Waals surface area contributed by atoms with Crippen LogP contribution in [0.2, 0.25) is 0 Å². The molecule has 0 bridgehead atoms. The van der Waals surface area contributed by atoms with E-state index in [2.05, 4.69) is 23.7 Å². The number of alkyl halides is 3. The lowest BCUT2D eigenvalue weighted by Gasteiger charge is -2.33. The molecule has 2 atom stereocenters. The molecule has 0 aliphatic rings. The first kappa shape index (κ1) is 28.1. The molecule has 0 aliphatic carbocycles. The van der Waals surface area contributed by atoms with Gasteiger partial charge in [-0.1, -0.05) is 72.0 Å². The van der Waals surface area contributed by atoms with E-state index < -0.39 is 23.9 Å². The lowest BCUT2D eigenvalue weighted by Crippen LogP contribution is -2.52. The van der Waals surface area contributed by atoms with Crippen molar-refractivity contribution in [3.8, 4) is 23.7 Å². The fourth-order valence-corrected chi connectivity index (χ4v) is 2.93. The van der Waals surface area contributed by atoms with Crippen molar-refractivity contribution in [3.05, 3.63) is 71.8 Å². The third-order valence-electron chi connectivity index (χ3n) is 4.48. The molecular formula is C26H26ClF3O3. The molecule has 0 unspecified atom stereocenters. The number of methoxy groups -OCH3 is 1. The zero-order chi connectivity index (χ0) is 24.6. The number of ether oxygens (including phenoxy) is 2. The number of rotatable bonds is 10. The molecule has 0 spiro atoms. The second-order valence-corrected chi connectivity index (χ2v) is 7.12. The molecule has 1 aromatic rings. The number of benzene rings is 1. The van der Waals surface area contributed by atoms with E-state index in [-0.39, 0.29) is 5.56 Å². The number of halogens is 4. The smallest absolute Gasteiger partial charge is 0.432 e. The average molecular weight is 479 g/mol. The summed E-state index contributed by atoms with van der Waals surface area (Å²) in [6.07, 6.45) is 5.44. The van der Waals surface area contributed by atoms with E-state index in [1.807, 2.05) is 6.08 Å². The van der Waals surface area contributed by atoms with Gasteiger partial charge in [-0.05, 0) is 56.6 Å². The van der Waals surface area contributed by atoms with Crippen LogP contribution in [0.5, 0.6) is 0 Å². The summed E-state index contributed by atoms with van der Waals surface area (Å²) in [4.78, 5) is 12.6. The number of hydrogen-bond donors (Lipinski definition) is 0. The Kier molecular flexibility index (Phi) is 12.8. The highest BCUT2D eigenvalue weighted by atomic mass is 35.5. The van der Waals surface area contributed by atoms with Crippen molar-refractivity contribution in [2.24, 2.45) is 0 Å². The van der Waals surface area contributed by atoms with Crippen LogP contribution in [0.1, 0.15) is 38.2 Å². The van der Waals surface area contributed by atoms with Gasteiger partial charge in [-0.25, -0.2) is 4.79 Å². The van der Waals surface area contributed by atoms with Crippen LogP contribution in [0.15, 0.2) is 66.2 Å². The molecule has 0 aromatic heterocycles. The molecular weight excluding hydrogens is 453 g/mol. The van der Waals surface area contributed by atoms with Crippen molar-refractivity contribution < 1.29 is 27.4 Å². The Morgan fingerprint density at radius 3 is 2.36 bits per heavy atom. The van der Waals surface area contributed by atoms with Crippen molar-refractivity contribution >= 4 is 17.6 Å². The number of esters is 1. The highest BCUT2D eigenvalue weighted by Gasteiger charge is 2.64. The van der Waals surface area contributed by atoms with E-state index in [9.17, 15) is 18.0 Å². The fraction of sp³-hybridized carbons (Fsp3) is 0.346. The summed E-state index contributed by atoms with van der Waals surface area (Å²) < 4.78 is 51.5. The lowest BCUT2D eigenvalue weighted by molar-refractivity contribution is -0.278. The molecule has 0 saturated heterocycles. The normalized spacial score (nSPS) is 14.4. The van der Waals surface area contributed by atoms with Gasteiger partial charge >= 0.3 is 12.1 Å². The van der Waals surface area contributed by atoms with E-state index in [0.29, 0.717) is 12.8 Å². The van der Waals surface area contributed by atoms with Gasteiger partial charge in [0.15, 0.2) is 0 Å². The molecule has 33 heavy (non-hydrogen) atoms. The predicted molar refractivity (Wildman–Crippen MR) is 124 cm³/mol. The van der Waals surface area contributed by atoms with Crippen LogP contribution in [0.25, 0.3) is 0 Å². The van der Waals surface area contributed by atoms with Crippen LogP contribution in [0.3, 0.4) is 0 Å². The number of allylic oxidation sites excluding steroid dienone is 5. The van der Waals surface area contributed by atoms with Crippen LogP contribution in [-0.2, 0) is 19.9 Å². The van der Waals surface area contributed by atoms with Crippen LogP contribution >= 0.6 is 11.6 Å². The zero-order valence-electron chi connectivity index (χ0n) is 18.5. The standard InChI is InChI=1S/C26H26ClF3O3/c1-22(18-14-11-9-7-5-3-4-6-8-10-12-17-21-27)33-24(31)25(32-2,26(28,29)30)23-19-15-13-16-20-23/h5,7,10,12-13,15-17,19-22H,9,11,14,18H2,1-2H3/b7-5-,12-10+,21-17-/t22-,25+/m0/s1. The van der Waals surface area contributed by atoms with Crippen LogP contribution in [0.4, 0.5) is 13.2 Å². The molecule has 3 nitrogen and oxygen atoms in total. The van der Waals surface area contributed by atoms with Gasteiger partial charge in [0, 0.05) is 18.2 Å². The quantitative estimate of drug-likeness (QED) is 0.168. The van der Waals surface area contributed by atoms with Gasteiger partial charge in [0.1, 0.15) is 0 Å². The Morgan fingerprint density at radius 2 is 1.76 bits per heavy atom. The maximum absolute atomic E-state index is 13.9. The van der Waals surface area contributed by atoms with Gasteiger partial charge in [0.25, 0.3) is 5.60 Å². The maximum atomic E-state index is 13.9. The minimum Gasteiger partial charge on any atom is -0.460 e. The summed E-state index contributed by atoms with van der Waals surface area (Å²) >= 11 is 5.35. The first-order valence-corrected chi connectivity index (χ1v) is 10.7. The number of carbonyl (C=O) groups is 1. The van der Waals surface area contributed by atoms with Crippen molar-refractivity contribution in [1.82, 2.24) is 0 Å². The second-order valence-electron chi connectivity index (χ2n) is 6.87. The second kappa shape index (κ2) is 15.0. The summed E-state index contributed by atoms with van der Waals surface area (Å²) in [6.45, 7) is 1.57. The van der Waals surface area contributed by atoms with E-state index in [4.69, 9.17) is 21.1 Å². The van der Waals surface area contributed by atoms with E-state index in [1.54, 1.807) is 37.3 Å². The predicted octanol–water partition coefficient (Wildman–Crippen LogP) is 6.45. The molecule has 0 heterocycles. The van der Waals surface area contributed by atoms with E-state index >= 15 is 0 Å². The minimum atomic E-state index is -4.98. The number of hydrogen-bond acceptors (Lipinski definition) is 3. The van der Waals surface area contributed by atoms with Crippen molar-refractivity contribution in [1.29, 1.82) is 0 Å². The molecule has 0 radical (unpaired) electrons. The van der Waals surface area contributed by atoms with Gasteiger partial charge in [-0.3, -0.25) is 0 Å². The Bertz CT molecular complexity index is 944. The van der Waals surface area contributed by atoms with Gasteiger partial charge < -0.3 is 9.47 Å². The fourth-order valence-electron chi connectivity index (χ4n) is 2.85. The third-order valence-corrected chi connectivity index (χ3v) is 4.63. The summed E-state index contributed by atoms with van der Waals surface area (Å²) in [5, 5.41) is 0. The monoisotopic (exact) mass is 478 g/mol. The number of unbranched alkanes of at least 4 members (excludes halogenated alkanes) is 2. The SMILES string of the molecule is CO[C@@](C(=O)O[C@@H](C)CCCC/C=C\C#CC#C/C=C/C=C\Cl)(c1ccccc1)C(F)(F)F. The Balaban J connectivity index is 2.53. The largest absolute Gasteiger partial charge is 0.460 e. The first-order chi connectivity index (χ1) is 15.8. The highest BCUT2D eigenvalue weighted by molar-refractivity contribution is 6.25. The zero-order valence-corrected chi connectivity index (χ0v) is 19.2. The maximum Gasteiger partial charge on any atom is 0.432 e. The third kappa shape index (κ3) is 9.22. The van der Waals surface area contributed by atoms with E-state index in [1.165, 1.54) is 29.8 Å². The Labute approximate surface area is 198 Å². The molecule has 0 N–H and O–H groups in total. The minimum absolute atomic E-state index is 0.323. The molecule has 0 fully saturated rings. The summed E-state index contributed by atoms with van der Waals surface area (Å²) in [7, 11) is 0.850. The van der Waals surface area contributed by atoms with Crippen LogP contribution in [-0.4, -0.2) is 25.4 Å². The molecule has 1 aromatic carbocycles. The van der Waals surface area contributed by atoms with Gasteiger partial charge in [0.05, 0.1) is 6.10 Å². The molecule has 0 saturated carbocycles. The summed E-state index contributed by atoms with van der Waals surface area (Å²) in [6, 6.07) is 6.77. The first-order valence-electron chi connectivity index (χ1n) is 10.3. The molecule has 7 heteroatoms. The summed E-state index contributed by atoms with van der Waals surface area (Å²) in [5.41, 5.74) is -2.11. The Morgan fingerprint density at radius 1 is 1.09 bits per heavy atom. The highest BCUT2D eigenvalue weighted by Crippen LogP contribution is 2.43. The lowest BCUT2D eigenvalue weighted by atomic mass is 9.92. The van der Waals surface area contributed by atoms with Crippen molar-refractivity contribution in [2.45, 2.75) is 50.5 Å². The molecule has 0 amide bonds. The molecule has 0 aliphatic heterocycles. The van der Waals surface area contributed by atoms with Gasteiger partial charge in [-0.2, -0.15) is 13.2 Å². The van der Waals surface area contributed by atoms with Gasteiger partial charge in [-0.15, -0.1) is 0 Å². The van der Waals surface area contributed by atoms with Crippen molar-refractivity contribution in [2.75, 3.05) is 7.11 Å². The summed E-state index contributed by atoms with van der Waals surface area (Å²) in [5.74, 6) is 9.36. The number of carbonyl (C=O) groups excluding carboxylic acids is 1. The van der Waals surface area contributed by atoms with Crippen LogP contribution < -0.4 is 0 Å². The molecule has 1 rings (SSSR count). The van der Waals surface area contributed by atoms with Gasteiger partial charge in [0.2, 0.25) is 0 Å². The van der Waals surface area contributed by atoms with E-state index in [0.717, 1.165) is 20.0 Å². The van der Waals surface area contributed by atoms with Crippen LogP contribution in [0, 0.1) is 23.7 Å². The topological polar surface area (TPSA) is 35.5 Å². The molecule has 176 valence electrons. The average Bonchev–Trinajstić information content (AvgIpc) is 2.77.